The second-order valence-electron chi connectivity index (χ2n) is 3.12. The first kappa shape index (κ1) is 11.4. The Kier molecular flexibility index (Phi) is 5.66. The molecular weight excluding hydrogens is 156 g/mol. The molecule has 2 unspecified atom stereocenters. The topological polar surface area (TPSA) is 75.3 Å². The van der Waals surface area contributed by atoms with Crippen molar-refractivity contribution in [3.8, 4) is 0 Å². The van der Waals surface area contributed by atoms with Crippen molar-refractivity contribution in [3.05, 3.63) is 0 Å². The summed E-state index contributed by atoms with van der Waals surface area (Å²) in [6, 6.07) is 0.217. The summed E-state index contributed by atoms with van der Waals surface area (Å²) in [5.41, 5.74) is 4.96. The molecule has 2 atom stereocenters. The summed E-state index contributed by atoms with van der Waals surface area (Å²) in [6.45, 7) is 4.66. The van der Waals surface area contributed by atoms with Gasteiger partial charge in [-0.3, -0.25) is 4.79 Å². The fourth-order valence-corrected chi connectivity index (χ4v) is 0.782. The molecule has 4 heteroatoms. The van der Waals surface area contributed by atoms with Crippen molar-refractivity contribution < 1.29 is 9.90 Å². The Morgan fingerprint density at radius 3 is 2.58 bits per heavy atom. The SMILES string of the molecule is CC(CO)C(C)NCCC(N)=O. The van der Waals surface area contributed by atoms with Crippen LogP contribution in [0.25, 0.3) is 0 Å². The maximum atomic E-state index is 10.4. The lowest BCUT2D eigenvalue weighted by atomic mass is 10.1. The van der Waals surface area contributed by atoms with Gasteiger partial charge in [0.25, 0.3) is 0 Å². The van der Waals surface area contributed by atoms with Crippen molar-refractivity contribution in [1.29, 1.82) is 0 Å². The van der Waals surface area contributed by atoms with Crippen LogP contribution in [0.5, 0.6) is 0 Å². The second-order valence-corrected chi connectivity index (χ2v) is 3.12. The van der Waals surface area contributed by atoms with E-state index in [0.717, 1.165) is 0 Å². The van der Waals surface area contributed by atoms with E-state index in [1.807, 2.05) is 13.8 Å². The lowest BCUT2D eigenvalue weighted by Crippen LogP contribution is -2.35. The van der Waals surface area contributed by atoms with Gasteiger partial charge in [0.1, 0.15) is 0 Å². The molecule has 1 amide bonds. The molecule has 0 saturated carbocycles. The number of hydrogen-bond acceptors (Lipinski definition) is 3. The number of carbonyl (C=O) groups is 1. The van der Waals surface area contributed by atoms with E-state index in [1.165, 1.54) is 0 Å². The lowest BCUT2D eigenvalue weighted by molar-refractivity contribution is -0.117. The molecule has 72 valence electrons. The number of aliphatic hydroxyl groups is 1. The van der Waals surface area contributed by atoms with Crippen LogP contribution in [-0.4, -0.2) is 30.2 Å². The van der Waals surface area contributed by atoms with Gasteiger partial charge in [0.2, 0.25) is 5.91 Å². The quantitative estimate of drug-likeness (QED) is 0.506. The highest BCUT2D eigenvalue weighted by atomic mass is 16.3. The maximum absolute atomic E-state index is 10.4. The molecule has 0 aliphatic rings. The molecule has 0 aromatic heterocycles. The monoisotopic (exact) mass is 174 g/mol. The summed E-state index contributed by atoms with van der Waals surface area (Å²) < 4.78 is 0. The van der Waals surface area contributed by atoms with Gasteiger partial charge >= 0.3 is 0 Å². The zero-order valence-corrected chi connectivity index (χ0v) is 7.71. The fraction of sp³-hybridized carbons (Fsp3) is 0.875. The van der Waals surface area contributed by atoms with Crippen LogP contribution in [0.2, 0.25) is 0 Å². The van der Waals surface area contributed by atoms with Crippen LogP contribution < -0.4 is 11.1 Å². The average molecular weight is 174 g/mol. The van der Waals surface area contributed by atoms with Gasteiger partial charge in [0.15, 0.2) is 0 Å². The van der Waals surface area contributed by atoms with Gasteiger partial charge in [-0.05, 0) is 12.8 Å². The molecule has 0 spiro atoms. The number of nitrogens with two attached hydrogens (primary N) is 1. The van der Waals surface area contributed by atoms with Crippen LogP contribution in [-0.2, 0) is 4.79 Å². The van der Waals surface area contributed by atoms with Crippen molar-refractivity contribution in [2.45, 2.75) is 26.3 Å². The summed E-state index contributed by atoms with van der Waals surface area (Å²) in [5.74, 6) is -0.0933. The molecule has 0 bridgehead atoms. The first-order valence-electron chi connectivity index (χ1n) is 4.20. The number of amides is 1. The van der Waals surface area contributed by atoms with Crippen molar-refractivity contribution in [1.82, 2.24) is 5.32 Å². The summed E-state index contributed by atoms with van der Waals surface area (Å²) in [4.78, 5) is 10.4. The van der Waals surface area contributed by atoms with E-state index in [2.05, 4.69) is 5.32 Å². The van der Waals surface area contributed by atoms with Crippen molar-refractivity contribution in [2.75, 3.05) is 13.2 Å². The third-order valence-corrected chi connectivity index (χ3v) is 1.98. The Morgan fingerprint density at radius 2 is 2.17 bits per heavy atom. The number of hydrogen-bond donors (Lipinski definition) is 3. The van der Waals surface area contributed by atoms with Gasteiger partial charge in [-0.25, -0.2) is 0 Å². The molecule has 4 nitrogen and oxygen atoms in total. The zero-order chi connectivity index (χ0) is 9.56. The number of nitrogens with one attached hydrogen (secondary N) is 1. The molecule has 0 saturated heterocycles. The van der Waals surface area contributed by atoms with Crippen molar-refractivity contribution in [2.24, 2.45) is 11.7 Å². The average Bonchev–Trinajstić information content (AvgIpc) is 2.02. The van der Waals surface area contributed by atoms with Crippen LogP contribution in [0.3, 0.4) is 0 Å². The van der Waals surface area contributed by atoms with Crippen molar-refractivity contribution >= 4 is 5.91 Å². The molecule has 0 aliphatic carbocycles. The van der Waals surface area contributed by atoms with Crippen LogP contribution in [0, 0.1) is 5.92 Å². The van der Waals surface area contributed by atoms with Crippen LogP contribution in [0.15, 0.2) is 0 Å². The third-order valence-electron chi connectivity index (χ3n) is 1.98. The highest BCUT2D eigenvalue weighted by molar-refractivity contribution is 5.73. The van der Waals surface area contributed by atoms with E-state index in [0.29, 0.717) is 13.0 Å². The molecule has 0 aliphatic heterocycles. The summed E-state index contributed by atoms with van der Waals surface area (Å²) in [6.07, 6.45) is 0.350. The largest absolute Gasteiger partial charge is 0.396 e. The zero-order valence-electron chi connectivity index (χ0n) is 7.71. The number of primary amides is 1. The van der Waals surface area contributed by atoms with E-state index in [4.69, 9.17) is 10.8 Å². The van der Waals surface area contributed by atoms with Crippen LogP contribution >= 0.6 is 0 Å². The third kappa shape index (κ3) is 5.09. The minimum Gasteiger partial charge on any atom is -0.396 e. The Hall–Kier alpha value is -0.610. The molecule has 0 aromatic rings. The first-order valence-corrected chi connectivity index (χ1v) is 4.20. The molecule has 0 fully saturated rings. The van der Waals surface area contributed by atoms with Gasteiger partial charge in [0, 0.05) is 25.6 Å². The smallest absolute Gasteiger partial charge is 0.218 e. The highest BCUT2D eigenvalue weighted by Crippen LogP contribution is 1.99. The molecule has 0 aromatic carbocycles. The van der Waals surface area contributed by atoms with Crippen LogP contribution in [0.1, 0.15) is 20.3 Å². The molecule has 0 rings (SSSR count). The van der Waals surface area contributed by atoms with Gasteiger partial charge in [0.05, 0.1) is 0 Å². The fourth-order valence-electron chi connectivity index (χ4n) is 0.782. The van der Waals surface area contributed by atoms with Gasteiger partial charge in [-0.15, -0.1) is 0 Å². The van der Waals surface area contributed by atoms with E-state index in [1.54, 1.807) is 0 Å². The molecular formula is C8H18N2O2. The minimum atomic E-state index is -0.300. The molecule has 0 heterocycles. The standard InChI is InChI=1S/C8H18N2O2/c1-6(5-11)7(2)10-4-3-8(9)12/h6-7,10-11H,3-5H2,1-2H3,(H2,9,12). The normalized spacial score (nSPS) is 15.6. The van der Waals surface area contributed by atoms with E-state index in [9.17, 15) is 4.79 Å². The highest BCUT2D eigenvalue weighted by Gasteiger charge is 2.09. The van der Waals surface area contributed by atoms with Crippen molar-refractivity contribution in [3.63, 3.8) is 0 Å². The first-order chi connectivity index (χ1) is 5.57. The van der Waals surface area contributed by atoms with Gasteiger partial charge in [-0.1, -0.05) is 6.92 Å². The predicted octanol–water partition coefficient (Wildman–Crippen LogP) is -0.532. The van der Waals surface area contributed by atoms with E-state index >= 15 is 0 Å². The summed E-state index contributed by atoms with van der Waals surface area (Å²) in [5, 5.41) is 11.9. The molecule has 4 N–H and O–H groups in total. The lowest BCUT2D eigenvalue weighted by Gasteiger charge is -2.18. The summed E-state index contributed by atoms with van der Waals surface area (Å²) >= 11 is 0. The summed E-state index contributed by atoms with van der Waals surface area (Å²) in [7, 11) is 0. The minimum absolute atomic E-state index is 0.157. The van der Waals surface area contributed by atoms with Gasteiger partial charge < -0.3 is 16.2 Å². The van der Waals surface area contributed by atoms with Gasteiger partial charge in [-0.2, -0.15) is 0 Å². The molecule has 12 heavy (non-hydrogen) atoms. The number of aliphatic hydroxyl groups excluding tert-OH is 1. The number of carbonyl (C=O) groups excluding carboxylic acids is 1. The van der Waals surface area contributed by atoms with E-state index < -0.39 is 0 Å². The number of rotatable bonds is 6. The van der Waals surface area contributed by atoms with Crippen LogP contribution in [0.4, 0.5) is 0 Å². The Labute approximate surface area is 73.1 Å². The maximum Gasteiger partial charge on any atom is 0.218 e. The Morgan fingerprint density at radius 1 is 1.58 bits per heavy atom. The Bertz CT molecular complexity index is 139. The second kappa shape index (κ2) is 5.97. The predicted molar refractivity (Wildman–Crippen MR) is 47.5 cm³/mol. The molecule has 0 radical (unpaired) electrons. The van der Waals surface area contributed by atoms with E-state index in [-0.39, 0.29) is 24.5 Å². The Balaban J connectivity index is 3.43.